The van der Waals surface area contributed by atoms with Crippen molar-refractivity contribution in [2.24, 2.45) is 0 Å². The number of carboxylic acids is 1. The summed E-state index contributed by atoms with van der Waals surface area (Å²) >= 11 is 0. The summed E-state index contributed by atoms with van der Waals surface area (Å²) in [4.78, 5) is 23.5. The van der Waals surface area contributed by atoms with Gasteiger partial charge in [-0.2, -0.15) is 0 Å². The molecule has 1 heterocycles. The van der Waals surface area contributed by atoms with Gasteiger partial charge in [0.25, 0.3) is 0 Å². The molecule has 78 valence electrons. The molecule has 0 aliphatic carbocycles. The Morgan fingerprint density at radius 1 is 1.40 bits per heavy atom. The highest BCUT2D eigenvalue weighted by molar-refractivity contribution is 6.01. The average Bonchev–Trinajstić information content (AvgIpc) is 2.17. The predicted molar refractivity (Wildman–Crippen MR) is 54.6 cm³/mol. The molecule has 0 spiro atoms. The number of nitrogens with zero attached hydrogens (tertiary/aromatic N) is 1. The summed E-state index contributed by atoms with van der Waals surface area (Å²) in [5.74, 6) is -0.874. The topological polar surface area (TPSA) is 57.6 Å². The second-order valence-electron chi connectivity index (χ2n) is 3.56. The van der Waals surface area contributed by atoms with E-state index < -0.39 is 5.97 Å². The van der Waals surface area contributed by atoms with Gasteiger partial charge in [0.15, 0.2) is 0 Å². The van der Waals surface area contributed by atoms with Gasteiger partial charge in [0.05, 0.1) is 12.5 Å². The molecule has 0 bridgehead atoms. The Morgan fingerprint density at radius 2 is 2.07 bits per heavy atom. The van der Waals surface area contributed by atoms with Gasteiger partial charge in [-0.25, -0.2) is 0 Å². The van der Waals surface area contributed by atoms with Crippen molar-refractivity contribution >= 4 is 17.6 Å². The van der Waals surface area contributed by atoms with Crippen LogP contribution in [0.2, 0.25) is 0 Å². The number of β-lactam (4-membered cyclic amide) rings is 1. The van der Waals surface area contributed by atoms with E-state index in [-0.39, 0.29) is 18.4 Å². The van der Waals surface area contributed by atoms with Gasteiger partial charge < -0.3 is 10.0 Å². The van der Waals surface area contributed by atoms with Gasteiger partial charge in [0, 0.05) is 12.1 Å². The van der Waals surface area contributed by atoms with E-state index in [1.807, 2.05) is 30.3 Å². The lowest BCUT2D eigenvalue weighted by Crippen LogP contribution is -2.53. The van der Waals surface area contributed by atoms with Crippen molar-refractivity contribution in [3.63, 3.8) is 0 Å². The lowest BCUT2D eigenvalue weighted by Gasteiger charge is -2.39. The predicted octanol–water partition coefficient (Wildman–Crippen LogP) is 1.27. The van der Waals surface area contributed by atoms with Crippen molar-refractivity contribution < 1.29 is 14.7 Å². The molecule has 1 aromatic carbocycles. The van der Waals surface area contributed by atoms with Crippen LogP contribution < -0.4 is 4.90 Å². The maximum Gasteiger partial charge on any atom is 0.305 e. The first-order chi connectivity index (χ1) is 7.18. The van der Waals surface area contributed by atoms with Crippen molar-refractivity contribution in [1.29, 1.82) is 0 Å². The van der Waals surface area contributed by atoms with E-state index in [0.29, 0.717) is 6.42 Å². The van der Waals surface area contributed by atoms with Gasteiger partial charge in [0.2, 0.25) is 5.91 Å². The normalized spacial score (nSPS) is 19.9. The minimum Gasteiger partial charge on any atom is -0.481 e. The summed E-state index contributed by atoms with van der Waals surface area (Å²) in [7, 11) is 0. The summed E-state index contributed by atoms with van der Waals surface area (Å²) in [6.45, 7) is 0. The van der Waals surface area contributed by atoms with Gasteiger partial charge in [-0.15, -0.1) is 0 Å². The standard InChI is InChI=1S/C11H11NO3/c13-10-6-9(7-11(14)15)12(10)8-4-2-1-3-5-8/h1-5,9H,6-7H2,(H,14,15). The molecule has 2 rings (SSSR count). The number of carboxylic acid groups (broad SMARTS) is 1. The number of hydrogen-bond donors (Lipinski definition) is 1. The first-order valence-corrected chi connectivity index (χ1v) is 4.77. The van der Waals surface area contributed by atoms with Crippen LogP contribution in [0.4, 0.5) is 5.69 Å². The fraction of sp³-hybridized carbons (Fsp3) is 0.273. The highest BCUT2D eigenvalue weighted by Gasteiger charge is 2.38. The van der Waals surface area contributed by atoms with E-state index in [0.717, 1.165) is 5.69 Å². The number of para-hydroxylation sites is 1. The Balaban J connectivity index is 2.14. The van der Waals surface area contributed by atoms with Crippen LogP contribution >= 0.6 is 0 Å². The summed E-state index contributed by atoms with van der Waals surface area (Å²) < 4.78 is 0. The maximum atomic E-state index is 11.4. The molecule has 1 amide bonds. The fourth-order valence-corrected chi connectivity index (χ4v) is 1.79. The molecule has 1 aliphatic rings. The number of carbonyl (C=O) groups is 2. The number of amides is 1. The molecular formula is C11H11NO3. The summed E-state index contributed by atoms with van der Waals surface area (Å²) in [5.41, 5.74) is 0.778. The fourth-order valence-electron chi connectivity index (χ4n) is 1.79. The molecule has 1 aliphatic heterocycles. The summed E-state index contributed by atoms with van der Waals surface area (Å²) in [6.07, 6.45) is 0.349. The number of anilines is 1. The third kappa shape index (κ3) is 1.83. The van der Waals surface area contributed by atoms with Crippen LogP contribution in [0.15, 0.2) is 30.3 Å². The van der Waals surface area contributed by atoms with Crippen molar-refractivity contribution in [2.75, 3.05) is 4.90 Å². The summed E-state index contributed by atoms with van der Waals surface area (Å²) in [5, 5.41) is 8.66. The van der Waals surface area contributed by atoms with Gasteiger partial charge in [-0.3, -0.25) is 9.59 Å². The minimum atomic E-state index is -0.867. The number of hydrogen-bond acceptors (Lipinski definition) is 2. The van der Waals surface area contributed by atoms with Crippen molar-refractivity contribution in [3.05, 3.63) is 30.3 Å². The Bertz CT molecular complexity index is 388. The monoisotopic (exact) mass is 205 g/mol. The Hall–Kier alpha value is -1.84. The second-order valence-corrected chi connectivity index (χ2v) is 3.56. The van der Waals surface area contributed by atoms with Crippen LogP contribution in [-0.2, 0) is 9.59 Å². The van der Waals surface area contributed by atoms with Crippen molar-refractivity contribution in [2.45, 2.75) is 18.9 Å². The van der Waals surface area contributed by atoms with E-state index in [4.69, 9.17) is 5.11 Å². The molecule has 1 saturated heterocycles. The van der Waals surface area contributed by atoms with E-state index >= 15 is 0 Å². The molecule has 0 saturated carbocycles. The zero-order valence-electron chi connectivity index (χ0n) is 8.09. The highest BCUT2D eigenvalue weighted by atomic mass is 16.4. The first-order valence-electron chi connectivity index (χ1n) is 4.77. The maximum absolute atomic E-state index is 11.4. The van der Waals surface area contributed by atoms with E-state index in [1.165, 1.54) is 0 Å². The summed E-state index contributed by atoms with van der Waals surface area (Å²) in [6, 6.07) is 8.97. The molecule has 0 radical (unpaired) electrons. The van der Waals surface area contributed by atoms with Crippen LogP contribution in [-0.4, -0.2) is 23.0 Å². The Morgan fingerprint density at radius 3 is 2.60 bits per heavy atom. The lowest BCUT2D eigenvalue weighted by molar-refractivity contribution is -0.138. The zero-order chi connectivity index (χ0) is 10.8. The van der Waals surface area contributed by atoms with E-state index in [9.17, 15) is 9.59 Å². The largest absolute Gasteiger partial charge is 0.481 e. The molecule has 1 aromatic rings. The van der Waals surface area contributed by atoms with Crippen molar-refractivity contribution in [3.8, 4) is 0 Å². The molecular weight excluding hydrogens is 194 g/mol. The molecule has 1 atom stereocenters. The third-order valence-corrected chi connectivity index (χ3v) is 2.49. The quantitative estimate of drug-likeness (QED) is 0.756. The smallest absolute Gasteiger partial charge is 0.305 e. The van der Waals surface area contributed by atoms with Crippen molar-refractivity contribution in [1.82, 2.24) is 0 Å². The number of benzene rings is 1. The number of carbonyl (C=O) groups excluding carboxylic acids is 1. The Kier molecular flexibility index (Phi) is 2.41. The van der Waals surface area contributed by atoms with Gasteiger partial charge >= 0.3 is 5.97 Å². The first kappa shape index (κ1) is 9.71. The molecule has 15 heavy (non-hydrogen) atoms. The van der Waals surface area contributed by atoms with Gasteiger partial charge in [0.1, 0.15) is 0 Å². The van der Waals surface area contributed by atoms with E-state index in [2.05, 4.69) is 0 Å². The Labute approximate surface area is 87.1 Å². The second kappa shape index (κ2) is 3.73. The molecule has 4 heteroatoms. The molecule has 0 aromatic heterocycles. The SMILES string of the molecule is O=C(O)CC1CC(=O)N1c1ccccc1. The lowest BCUT2D eigenvalue weighted by atomic mass is 9.97. The van der Waals surface area contributed by atoms with Crippen LogP contribution in [0.5, 0.6) is 0 Å². The van der Waals surface area contributed by atoms with Gasteiger partial charge in [-0.05, 0) is 12.1 Å². The zero-order valence-corrected chi connectivity index (χ0v) is 8.09. The number of rotatable bonds is 3. The average molecular weight is 205 g/mol. The van der Waals surface area contributed by atoms with Crippen LogP contribution in [0, 0.1) is 0 Å². The third-order valence-electron chi connectivity index (χ3n) is 2.49. The molecule has 1 fully saturated rings. The van der Waals surface area contributed by atoms with Gasteiger partial charge in [-0.1, -0.05) is 18.2 Å². The molecule has 1 N–H and O–H groups in total. The minimum absolute atomic E-state index is 0.00699. The molecule has 1 unspecified atom stereocenters. The highest BCUT2D eigenvalue weighted by Crippen LogP contribution is 2.29. The van der Waals surface area contributed by atoms with Crippen LogP contribution in [0.1, 0.15) is 12.8 Å². The molecule has 4 nitrogen and oxygen atoms in total. The number of aliphatic carboxylic acids is 1. The van der Waals surface area contributed by atoms with E-state index in [1.54, 1.807) is 4.90 Å². The van der Waals surface area contributed by atoms with Crippen LogP contribution in [0.25, 0.3) is 0 Å². The van der Waals surface area contributed by atoms with Crippen LogP contribution in [0.3, 0.4) is 0 Å².